The number of hydrogen-bond donors (Lipinski definition) is 2. The number of hydrogen-bond acceptors (Lipinski definition) is 6. The van der Waals surface area contributed by atoms with Gasteiger partial charge in [0.05, 0.1) is 17.0 Å². The van der Waals surface area contributed by atoms with Crippen molar-refractivity contribution in [2.75, 3.05) is 19.0 Å². The Labute approximate surface area is 161 Å². The van der Waals surface area contributed by atoms with E-state index in [1.165, 1.54) is 11.3 Å². The van der Waals surface area contributed by atoms with E-state index in [-0.39, 0.29) is 18.2 Å². The molecule has 2 N–H and O–H groups in total. The van der Waals surface area contributed by atoms with E-state index in [4.69, 9.17) is 4.42 Å². The molecule has 0 spiro atoms. The fourth-order valence-electron chi connectivity index (χ4n) is 2.42. The predicted molar refractivity (Wildman–Crippen MR) is 105 cm³/mol. The van der Waals surface area contributed by atoms with Crippen molar-refractivity contribution in [2.24, 2.45) is 0 Å². The topological polar surface area (TPSA) is 87.5 Å². The summed E-state index contributed by atoms with van der Waals surface area (Å²) in [7, 11) is 3.78. The largest absolute Gasteiger partial charge is 0.440 e. The molecule has 0 radical (unpaired) electrons. The molecule has 140 valence electrons. The Morgan fingerprint density at radius 1 is 1.19 bits per heavy atom. The molecule has 0 bridgehead atoms. The first-order valence-electron chi connectivity index (χ1n) is 8.31. The van der Waals surface area contributed by atoms with Gasteiger partial charge in [-0.1, -0.05) is 12.1 Å². The van der Waals surface area contributed by atoms with Gasteiger partial charge in [-0.15, -0.1) is 11.3 Å². The van der Waals surface area contributed by atoms with Crippen molar-refractivity contribution in [1.29, 1.82) is 0 Å². The van der Waals surface area contributed by atoms with Crippen LogP contribution in [0.5, 0.6) is 0 Å². The van der Waals surface area contributed by atoms with Crippen molar-refractivity contribution in [2.45, 2.75) is 13.3 Å². The van der Waals surface area contributed by atoms with Crippen LogP contribution in [-0.4, -0.2) is 30.9 Å². The van der Waals surface area contributed by atoms with Crippen LogP contribution < -0.4 is 15.8 Å². The van der Waals surface area contributed by atoms with Gasteiger partial charge in [0.2, 0.25) is 11.8 Å². The Kier molecular flexibility index (Phi) is 5.56. The van der Waals surface area contributed by atoms with Gasteiger partial charge < -0.3 is 9.32 Å². The minimum Gasteiger partial charge on any atom is -0.440 e. The lowest BCUT2D eigenvalue weighted by atomic mass is 10.2. The first kappa shape index (κ1) is 18.7. The van der Waals surface area contributed by atoms with Crippen LogP contribution in [0.15, 0.2) is 46.2 Å². The minimum atomic E-state index is -0.386. The summed E-state index contributed by atoms with van der Waals surface area (Å²) in [6.45, 7) is 1.76. The third-order valence-corrected chi connectivity index (χ3v) is 4.75. The molecule has 0 saturated carbocycles. The van der Waals surface area contributed by atoms with E-state index in [0.29, 0.717) is 22.9 Å². The number of aryl methyl sites for hydroxylation is 1. The van der Waals surface area contributed by atoms with Crippen LogP contribution in [0.2, 0.25) is 0 Å². The van der Waals surface area contributed by atoms with Crippen LogP contribution in [0.1, 0.15) is 21.8 Å². The molecule has 0 unspecified atom stereocenters. The van der Waals surface area contributed by atoms with Gasteiger partial charge in [-0.05, 0) is 36.6 Å². The molecule has 0 atom stereocenters. The second-order valence-corrected chi connectivity index (χ2v) is 7.07. The third-order valence-electron chi connectivity index (χ3n) is 3.89. The number of hydrazine groups is 1. The van der Waals surface area contributed by atoms with Crippen LogP contribution in [0.25, 0.3) is 10.8 Å². The molecular formula is C19H20N4O3S. The second kappa shape index (κ2) is 8.05. The Hall–Kier alpha value is -3.13. The smallest absolute Gasteiger partial charge is 0.269 e. The lowest BCUT2D eigenvalue weighted by Crippen LogP contribution is -2.42. The van der Waals surface area contributed by atoms with E-state index < -0.39 is 0 Å². The molecule has 0 aliphatic heterocycles. The zero-order valence-corrected chi connectivity index (χ0v) is 16.1. The summed E-state index contributed by atoms with van der Waals surface area (Å²) in [5, 5.41) is 1.93. The normalized spacial score (nSPS) is 10.5. The average molecular weight is 384 g/mol. The molecule has 27 heavy (non-hydrogen) atoms. The number of amides is 2. The predicted octanol–water partition coefficient (Wildman–Crippen LogP) is 2.78. The number of thiophene rings is 1. The summed E-state index contributed by atoms with van der Waals surface area (Å²) < 4.78 is 5.62. The summed E-state index contributed by atoms with van der Waals surface area (Å²) in [6, 6.07) is 10.9. The fraction of sp³-hybridized carbons (Fsp3) is 0.211. The molecule has 7 nitrogen and oxygen atoms in total. The van der Waals surface area contributed by atoms with Crippen LogP contribution in [0, 0.1) is 6.92 Å². The first-order chi connectivity index (χ1) is 12.9. The number of anilines is 1. The average Bonchev–Trinajstić information content (AvgIpc) is 3.30. The minimum absolute atomic E-state index is 0.0126. The maximum Gasteiger partial charge on any atom is 0.269 e. The van der Waals surface area contributed by atoms with Crippen molar-refractivity contribution in [3.05, 3.63) is 58.8 Å². The van der Waals surface area contributed by atoms with E-state index in [9.17, 15) is 9.59 Å². The van der Waals surface area contributed by atoms with E-state index in [2.05, 4.69) is 15.8 Å². The van der Waals surface area contributed by atoms with Gasteiger partial charge in [-0.2, -0.15) is 0 Å². The number of carbonyl (C=O) groups excluding carboxylic acids is 2. The van der Waals surface area contributed by atoms with E-state index in [1.54, 1.807) is 25.1 Å². The number of oxazole rings is 1. The highest BCUT2D eigenvalue weighted by atomic mass is 32.1. The Balaban J connectivity index is 1.58. The molecule has 3 rings (SSSR count). The summed E-state index contributed by atoms with van der Waals surface area (Å²) in [5.74, 6) is 0.317. The molecule has 0 saturated heterocycles. The van der Waals surface area contributed by atoms with Crippen LogP contribution in [0.3, 0.4) is 0 Å². The molecular weight excluding hydrogens is 364 g/mol. The molecule has 2 aromatic heterocycles. The molecule has 2 amide bonds. The summed E-state index contributed by atoms with van der Waals surface area (Å²) >= 11 is 1.51. The second-order valence-electron chi connectivity index (χ2n) is 6.12. The van der Waals surface area contributed by atoms with Gasteiger partial charge in [-0.3, -0.25) is 20.4 Å². The number of carbonyl (C=O) groups is 2. The summed E-state index contributed by atoms with van der Waals surface area (Å²) in [6.07, 6.45) is 0.0126. The first-order valence-corrected chi connectivity index (χ1v) is 9.19. The van der Waals surface area contributed by atoms with Crippen molar-refractivity contribution < 1.29 is 14.0 Å². The molecule has 0 aliphatic carbocycles. The molecule has 2 heterocycles. The van der Waals surface area contributed by atoms with Crippen LogP contribution in [0.4, 0.5) is 5.69 Å². The lowest BCUT2D eigenvalue weighted by molar-refractivity contribution is -0.121. The van der Waals surface area contributed by atoms with Gasteiger partial charge >= 0.3 is 0 Å². The van der Waals surface area contributed by atoms with Gasteiger partial charge in [0.1, 0.15) is 5.76 Å². The number of nitrogens with one attached hydrogen (secondary N) is 2. The van der Waals surface area contributed by atoms with Gasteiger partial charge in [0.15, 0.2) is 0 Å². The Morgan fingerprint density at radius 2 is 2.00 bits per heavy atom. The van der Waals surface area contributed by atoms with Crippen molar-refractivity contribution in [3.8, 4) is 10.8 Å². The standard InChI is InChI=1S/C19H20N4O3S/c1-12-15(20-19(26-12)16-8-5-9-27-16)11-17(24)21-22-18(25)13-6-4-7-14(10-13)23(2)3/h4-10H,11H2,1-3H3,(H,21,24)(H,22,25). The van der Waals surface area contributed by atoms with Crippen molar-refractivity contribution >= 4 is 28.8 Å². The van der Waals surface area contributed by atoms with E-state index >= 15 is 0 Å². The quantitative estimate of drug-likeness (QED) is 0.661. The van der Waals surface area contributed by atoms with Gasteiger partial charge in [0.25, 0.3) is 5.91 Å². The molecule has 0 fully saturated rings. The molecule has 8 heteroatoms. The highest BCUT2D eigenvalue weighted by Crippen LogP contribution is 2.26. The third kappa shape index (κ3) is 4.53. The molecule has 0 aliphatic rings. The highest BCUT2D eigenvalue weighted by molar-refractivity contribution is 7.13. The summed E-state index contributed by atoms with van der Waals surface area (Å²) in [4.78, 5) is 31.6. The maximum absolute atomic E-state index is 12.2. The van der Waals surface area contributed by atoms with Gasteiger partial charge in [0, 0.05) is 25.3 Å². The summed E-state index contributed by atoms with van der Waals surface area (Å²) in [5.41, 5.74) is 6.74. The Bertz CT molecular complexity index is 948. The molecule has 3 aromatic rings. The van der Waals surface area contributed by atoms with E-state index in [1.807, 2.05) is 42.6 Å². The number of aromatic nitrogens is 1. The number of rotatable bonds is 5. The maximum atomic E-state index is 12.2. The monoisotopic (exact) mass is 384 g/mol. The lowest BCUT2D eigenvalue weighted by Gasteiger charge is -2.13. The van der Waals surface area contributed by atoms with Crippen LogP contribution >= 0.6 is 11.3 Å². The van der Waals surface area contributed by atoms with Crippen molar-refractivity contribution in [3.63, 3.8) is 0 Å². The fourth-order valence-corrected chi connectivity index (χ4v) is 3.07. The molecule has 1 aromatic carbocycles. The van der Waals surface area contributed by atoms with Crippen molar-refractivity contribution in [1.82, 2.24) is 15.8 Å². The Morgan fingerprint density at radius 3 is 2.70 bits per heavy atom. The zero-order chi connectivity index (χ0) is 19.4. The number of nitrogens with zero attached hydrogens (tertiary/aromatic N) is 2. The highest BCUT2D eigenvalue weighted by Gasteiger charge is 2.16. The van der Waals surface area contributed by atoms with Gasteiger partial charge in [-0.25, -0.2) is 4.98 Å². The number of benzene rings is 1. The zero-order valence-electron chi connectivity index (χ0n) is 15.3. The SMILES string of the molecule is Cc1oc(-c2cccs2)nc1CC(=O)NNC(=O)c1cccc(N(C)C)c1. The van der Waals surface area contributed by atoms with Crippen LogP contribution in [-0.2, 0) is 11.2 Å². The van der Waals surface area contributed by atoms with E-state index in [0.717, 1.165) is 10.6 Å².